The number of thiazole rings is 1. The van der Waals surface area contributed by atoms with Crippen molar-refractivity contribution in [2.24, 2.45) is 0 Å². The van der Waals surface area contributed by atoms with Crippen LogP contribution in [0.2, 0.25) is 5.15 Å². The van der Waals surface area contributed by atoms with E-state index in [2.05, 4.69) is 19.9 Å². The number of aromatic nitrogens is 4. The zero-order chi connectivity index (χ0) is 14.1. The number of carbonyl (C=O) groups excluding carboxylic acids is 1. The Balaban J connectivity index is 1.93. The molecular weight excluding hydrogens is 320 g/mol. The molecule has 0 aliphatic rings. The first-order valence-electron chi connectivity index (χ1n) is 5.41. The number of halogens is 1. The molecule has 6 nitrogen and oxygen atoms in total. The molecule has 3 rings (SSSR count). The maximum absolute atomic E-state index is 11.5. The van der Waals surface area contributed by atoms with Crippen molar-refractivity contribution >= 4 is 46.3 Å². The number of nitrogens with zero attached hydrogens (tertiary/aromatic N) is 4. The Morgan fingerprint density at radius 1 is 1.45 bits per heavy atom. The Kier molecular flexibility index (Phi) is 3.60. The van der Waals surface area contributed by atoms with Crippen LogP contribution in [0.5, 0.6) is 0 Å². The fraction of sp³-hybridized carbons (Fsp3) is 0.0909. The van der Waals surface area contributed by atoms with Gasteiger partial charge in [-0.15, -0.1) is 10.2 Å². The third kappa shape index (κ3) is 2.37. The number of ether oxygens (including phenoxy) is 1. The van der Waals surface area contributed by atoms with Crippen LogP contribution in [0.15, 0.2) is 33.9 Å². The summed E-state index contributed by atoms with van der Waals surface area (Å²) < 4.78 is 7.08. The molecule has 0 aliphatic carbocycles. The summed E-state index contributed by atoms with van der Waals surface area (Å²) in [4.78, 5) is 15.9. The zero-order valence-corrected chi connectivity index (χ0v) is 12.5. The third-order valence-electron chi connectivity index (χ3n) is 2.40. The lowest BCUT2D eigenvalue weighted by molar-refractivity contribution is 0.0606. The largest absolute Gasteiger partial charge is 0.465 e. The SMILES string of the molecule is COC(=O)c1sc(Sc2nnc3ccccn23)nc1Cl. The second-order valence-corrected chi connectivity index (χ2v) is 6.18. The number of fused-ring (bicyclic) bond motifs is 1. The minimum Gasteiger partial charge on any atom is -0.465 e. The molecule has 0 aliphatic heterocycles. The molecule has 0 aromatic carbocycles. The van der Waals surface area contributed by atoms with Crippen LogP contribution in [-0.4, -0.2) is 32.7 Å². The van der Waals surface area contributed by atoms with Crippen molar-refractivity contribution in [3.63, 3.8) is 0 Å². The van der Waals surface area contributed by atoms with Crippen LogP contribution in [0, 0.1) is 0 Å². The van der Waals surface area contributed by atoms with Crippen molar-refractivity contribution in [1.29, 1.82) is 0 Å². The van der Waals surface area contributed by atoms with Crippen molar-refractivity contribution in [2.75, 3.05) is 7.11 Å². The number of esters is 1. The molecule has 3 aromatic heterocycles. The molecule has 3 aromatic rings. The normalized spacial score (nSPS) is 10.9. The molecular formula is C11H7ClN4O2S2. The highest BCUT2D eigenvalue weighted by atomic mass is 35.5. The van der Waals surface area contributed by atoms with Crippen LogP contribution in [0.1, 0.15) is 9.67 Å². The van der Waals surface area contributed by atoms with Gasteiger partial charge in [-0.05, 0) is 23.9 Å². The summed E-state index contributed by atoms with van der Waals surface area (Å²) in [6, 6.07) is 5.62. The molecule has 0 saturated heterocycles. The van der Waals surface area contributed by atoms with E-state index in [9.17, 15) is 4.79 Å². The van der Waals surface area contributed by atoms with Crippen LogP contribution < -0.4 is 0 Å². The molecule has 0 atom stereocenters. The van der Waals surface area contributed by atoms with Gasteiger partial charge in [-0.3, -0.25) is 4.40 Å². The van der Waals surface area contributed by atoms with Gasteiger partial charge < -0.3 is 4.74 Å². The molecule has 3 heterocycles. The Bertz CT molecular complexity index is 786. The molecule has 0 saturated carbocycles. The Morgan fingerprint density at radius 2 is 2.30 bits per heavy atom. The quantitative estimate of drug-likeness (QED) is 0.689. The summed E-state index contributed by atoms with van der Waals surface area (Å²) in [5.74, 6) is -0.495. The van der Waals surface area contributed by atoms with Gasteiger partial charge in [0, 0.05) is 6.20 Å². The monoisotopic (exact) mass is 326 g/mol. The highest BCUT2D eigenvalue weighted by Crippen LogP contribution is 2.34. The van der Waals surface area contributed by atoms with Gasteiger partial charge >= 0.3 is 5.97 Å². The summed E-state index contributed by atoms with van der Waals surface area (Å²) in [5.41, 5.74) is 0.742. The smallest absolute Gasteiger partial charge is 0.351 e. The zero-order valence-electron chi connectivity index (χ0n) is 10.1. The molecule has 0 radical (unpaired) electrons. The van der Waals surface area contributed by atoms with Crippen molar-refractivity contribution in [3.05, 3.63) is 34.4 Å². The van der Waals surface area contributed by atoms with Gasteiger partial charge in [0.25, 0.3) is 0 Å². The highest BCUT2D eigenvalue weighted by Gasteiger charge is 2.19. The lowest BCUT2D eigenvalue weighted by Crippen LogP contribution is -1.98. The van der Waals surface area contributed by atoms with Gasteiger partial charge in [0.05, 0.1) is 7.11 Å². The van der Waals surface area contributed by atoms with E-state index >= 15 is 0 Å². The average molecular weight is 327 g/mol. The predicted molar refractivity (Wildman–Crippen MR) is 75.6 cm³/mol. The number of methoxy groups -OCH3 is 1. The van der Waals surface area contributed by atoms with Crippen LogP contribution in [0.25, 0.3) is 5.65 Å². The maximum Gasteiger partial charge on any atom is 0.351 e. The van der Waals surface area contributed by atoms with Crippen molar-refractivity contribution < 1.29 is 9.53 Å². The molecule has 0 N–H and O–H groups in total. The van der Waals surface area contributed by atoms with E-state index in [1.54, 1.807) is 0 Å². The molecule has 0 unspecified atom stereocenters. The number of hydrogen-bond acceptors (Lipinski definition) is 7. The van der Waals surface area contributed by atoms with Crippen molar-refractivity contribution in [2.45, 2.75) is 9.50 Å². The summed E-state index contributed by atoms with van der Waals surface area (Å²) in [5, 5.41) is 8.91. The van der Waals surface area contributed by atoms with Gasteiger partial charge in [-0.2, -0.15) is 0 Å². The fourth-order valence-corrected chi connectivity index (χ4v) is 3.77. The third-order valence-corrected chi connectivity index (χ3v) is 4.84. The van der Waals surface area contributed by atoms with Crippen molar-refractivity contribution in [3.8, 4) is 0 Å². The van der Waals surface area contributed by atoms with Crippen LogP contribution >= 0.6 is 34.7 Å². The lowest BCUT2D eigenvalue weighted by atomic mass is 10.5. The van der Waals surface area contributed by atoms with E-state index in [1.165, 1.54) is 18.9 Å². The second kappa shape index (κ2) is 5.39. The topological polar surface area (TPSA) is 69.4 Å². The lowest BCUT2D eigenvalue weighted by Gasteiger charge is -1.95. The molecule has 0 bridgehead atoms. The van der Waals surface area contributed by atoms with Crippen molar-refractivity contribution in [1.82, 2.24) is 19.6 Å². The summed E-state index contributed by atoms with van der Waals surface area (Å²) in [6.45, 7) is 0. The van der Waals surface area contributed by atoms with E-state index < -0.39 is 5.97 Å². The van der Waals surface area contributed by atoms with E-state index in [0.29, 0.717) is 9.50 Å². The molecule has 102 valence electrons. The Hall–Kier alpha value is -1.64. The summed E-state index contributed by atoms with van der Waals surface area (Å²) >= 11 is 8.37. The van der Waals surface area contributed by atoms with E-state index in [4.69, 9.17) is 11.6 Å². The first kappa shape index (κ1) is 13.3. The second-order valence-electron chi connectivity index (χ2n) is 3.60. The van der Waals surface area contributed by atoms with E-state index in [-0.39, 0.29) is 10.0 Å². The van der Waals surface area contributed by atoms with Crippen LogP contribution in [0.4, 0.5) is 0 Å². The Labute approximate surface area is 126 Å². The maximum atomic E-state index is 11.5. The van der Waals surface area contributed by atoms with Gasteiger partial charge in [0.2, 0.25) is 5.16 Å². The molecule has 9 heteroatoms. The highest BCUT2D eigenvalue weighted by molar-refractivity contribution is 8.00. The van der Waals surface area contributed by atoms with Crippen LogP contribution in [-0.2, 0) is 4.74 Å². The number of carbonyl (C=O) groups is 1. The summed E-state index contributed by atoms with van der Waals surface area (Å²) in [6.07, 6.45) is 1.86. The molecule has 0 fully saturated rings. The fourth-order valence-electron chi connectivity index (χ4n) is 1.51. The number of rotatable bonds is 3. The van der Waals surface area contributed by atoms with Gasteiger partial charge in [-0.1, -0.05) is 29.0 Å². The van der Waals surface area contributed by atoms with Gasteiger partial charge in [0.1, 0.15) is 0 Å². The van der Waals surface area contributed by atoms with E-state index in [1.807, 2.05) is 28.8 Å². The van der Waals surface area contributed by atoms with E-state index in [0.717, 1.165) is 17.0 Å². The first-order valence-corrected chi connectivity index (χ1v) is 7.42. The number of hydrogen-bond donors (Lipinski definition) is 0. The minimum atomic E-state index is -0.495. The van der Waals surface area contributed by atoms with Gasteiger partial charge in [0.15, 0.2) is 20.0 Å². The summed E-state index contributed by atoms with van der Waals surface area (Å²) in [7, 11) is 1.30. The predicted octanol–water partition coefficient (Wildman–Crippen LogP) is 2.78. The molecule has 0 spiro atoms. The van der Waals surface area contributed by atoms with Gasteiger partial charge in [-0.25, -0.2) is 9.78 Å². The first-order chi connectivity index (χ1) is 9.69. The molecule has 0 amide bonds. The van der Waals surface area contributed by atoms with Crippen LogP contribution in [0.3, 0.4) is 0 Å². The molecule has 20 heavy (non-hydrogen) atoms. The Morgan fingerprint density at radius 3 is 3.10 bits per heavy atom. The number of pyridine rings is 1. The average Bonchev–Trinajstić information content (AvgIpc) is 3.03. The standard InChI is InChI=1S/C11H7ClN4O2S2/c1-18-9(17)7-8(12)13-11(19-7)20-10-15-14-6-4-2-3-5-16(6)10/h2-5H,1H3. The minimum absolute atomic E-state index is 0.137.